The van der Waals surface area contributed by atoms with E-state index in [0.717, 1.165) is 25.7 Å². The number of nitrogen functional groups attached to an aromatic ring is 1. The van der Waals surface area contributed by atoms with Gasteiger partial charge in [-0.15, -0.1) is 0 Å². The fourth-order valence-corrected chi connectivity index (χ4v) is 2.83. The Kier molecular flexibility index (Phi) is 4.80. The maximum absolute atomic E-state index is 12.9. The lowest BCUT2D eigenvalue weighted by molar-refractivity contribution is -0.117. The van der Waals surface area contributed by atoms with Crippen molar-refractivity contribution in [1.29, 1.82) is 0 Å². The molecule has 0 saturated heterocycles. The van der Waals surface area contributed by atoms with Gasteiger partial charge < -0.3 is 16.2 Å². The quantitative estimate of drug-likeness (QED) is 0.721. The summed E-state index contributed by atoms with van der Waals surface area (Å²) in [5.41, 5.74) is 5.56. The number of benzene rings is 1. The van der Waals surface area contributed by atoms with Crippen molar-refractivity contribution in [3.8, 4) is 0 Å². The van der Waals surface area contributed by atoms with Crippen LogP contribution in [0.1, 0.15) is 25.7 Å². The molecule has 0 heterocycles. The van der Waals surface area contributed by atoms with Gasteiger partial charge in [0.25, 0.3) is 0 Å². The number of hydrogen-bond donors (Lipinski definition) is 3. The van der Waals surface area contributed by atoms with Gasteiger partial charge >= 0.3 is 0 Å². The summed E-state index contributed by atoms with van der Waals surface area (Å²) in [6.45, 7) is 0.623. The molecule has 1 aliphatic rings. The van der Waals surface area contributed by atoms with Crippen LogP contribution in [-0.2, 0) is 4.79 Å². The first-order chi connectivity index (χ1) is 9.88. The van der Waals surface area contributed by atoms with Gasteiger partial charge in [-0.25, -0.2) is 4.39 Å². The SMILES string of the molecule is CN(CC(=O)Nc1ccc(F)cc1N)CC1(O)CCCC1. The van der Waals surface area contributed by atoms with Crippen LogP contribution in [0.4, 0.5) is 15.8 Å². The molecule has 116 valence electrons. The third-order valence-corrected chi connectivity index (χ3v) is 3.80. The molecule has 1 aromatic carbocycles. The summed E-state index contributed by atoms with van der Waals surface area (Å²) < 4.78 is 12.9. The van der Waals surface area contributed by atoms with E-state index < -0.39 is 11.4 Å². The Labute approximate surface area is 123 Å². The molecular weight excluding hydrogens is 273 g/mol. The summed E-state index contributed by atoms with van der Waals surface area (Å²) in [4.78, 5) is 13.7. The van der Waals surface area contributed by atoms with Crippen LogP contribution in [-0.4, -0.2) is 41.7 Å². The van der Waals surface area contributed by atoms with Crippen LogP contribution in [0.2, 0.25) is 0 Å². The summed E-state index contributed by atoms with van der Waals surface area (Å²) >= 11 is 0. The molecule has 0 atom stereocenters. The largest absolute Gasteiger partial charge is 0.397 e. The Bertz CT molecular complexity index is 516. The fourth-order valence-electron chi connectivity index (χ4n) is 2.83. The van der Waals surface area contributed by atoms with Crippen LogP contribution < -0.4 is 11.1 Å². The average molecular weight is 295 g/mol. The van der Waals surface area contributed by atoms with Gasteiger partial charge in [-0.1, -0.05) is 12.8 Å². The molecule has 0 aliphatic heterocycles. The maximum Gasteiger partial charge on any atom is 0.238 e. The minimum atomic E-state index is -0.677. The Morgan fingerprint density at radius 2 is 2.14 bits per heavy atom. The molecule has 1 aromatic rings. The molecule has 1 saturated carbocycles. The second kappa shape index (κ2) is 6.41. The smallest absolute Gasteiger partial charge is 0.238 e. The third kappa shape index (κ3) is 4.41. The first-order valence-electron chi connectivity index (χ1n) is 7.14. The Balaban J connectivity index is 1.86. The summed E-state index contributed by atoms with van der Waals surface area (Å²) in [5.74, 6) is -0.677. The number of amides is 1. The van der Waals surface area contributed by atoms with Crippen molar-refractivity contribution in [3.05, 3.63) is 24.0 Å². The lowest BCUT2D eigenvalue weighted by atomic mass is 10.0. The van der Waals surface area contributed by atoms with Gasteiger partial charge in [0.15, 0.2) is 0 Å². The molecular formula is C15H22FN3O2. The van der Waals surface area contributed by atoms with Crippen LogP contribution in [0.25, 0.3) is 0 Å². The predicted molar refractivity (Wildman–Crippen MR) is 80.4 cm³/mol. The summed E-state index contributed by atoms with van der Waals surface area (Å²) in [7, 11) is 1.80. The average Bonchev–Trinajstić information content (AvgIpc) is 2.78. The van der Waals surface area contributed by atoms with Crippen molar-refractivity contribution in [2.24, 2.45) is 0 Å². The fraction of sp³-hybridized carbons (Fsp3) is 0.533. The van der Waals surface area contributed by atoms with Crippen molar-refractivity contribution < 1.29 is 14.3 Å². The number of carbonyl (C=O) groups excluding carboxylic acids is 1. The molecule has 4 N–H and O–H groups in total. The Morgan fingerprint density at radius 3 is 2.76 bits per heavy atom. The van der Waals surface area contributed by atoms with Gasteiger partial charge in [-0.2, -0.15) is 0 Å². The van der Waals surface area contributed by atoms with Gasteiger partial charge in [0.1, 0.15) is 5.82 Å². The maximum atomic E-state index is 12.9. The van der Waals surface area contributed by atoms with Crippen molar-refractivity contribution in [3.63, 3.8) is 0 Å². The molecule has 0 unspecified atom stereocenters. The standard InChI is InChI=1S/C15H22FN3O2/c1-19(10-15(21)6-2-3-7-15)9-14(20)18-13-5-4-11(16)8-12(13)17/h4-5,8,21H,2-3,6-7,9-10,17H2,1H3,(H,18,20). The molecule has 2 rings (SSSR count). The van der Waals surface area contributed by atoms with Crippen LogP contribution in [0.3, 0.4) is 0 Å². The van der Waals surface area contributed by atoms with E-state index >= 15 is 0 Å². The molecule has 0 spiro atoms. The van der Waals surface area contributed by atoms with E-state index in [0.29, 0.717) is 12.2 Å². The van der Waals surface area contributed by atoms with Gasteiger partial charge in [0, 0.05) is 6.54 Å². The number of carbonyl (C=O) groups is 1. The van der Waals surface area contributed by atoms with Gasteiger partial charge in [0.05, 0.1) is 23.5 Å². The highest BCUT2D eigenvalue weighted by atomic mass is 19.1. The molecule has 21 heavy (non-hydrogen) atoms. The molecule has 1 amide bonds. The summed E-state index contributed by atoms with van der Waals surface area (Å²) in [5, 5.41) is 13.0. The highest BCUT2D eigenvalue weighted by Crippen LogP contribution is 2.29. The summed E-state index contributed by atoms with van der Waals surface area (Å²) in [6.07, 6.45) is 3.62. The monoisotopic (exact) mass is 295 g/mol. The van der Waals surface area contributed by atoms with Gasteiger partial charge in [-0.05, 0) is 38.1 Å². The van der Waals surface area contributed by atoms with Crippen molar-refractivity contribution in [2.45, 2.75) is 31.3 Å². The number of halogens is 1. The number of likely N-dealkylation sites (N-methyl/N-ethyl adjacent to an activating group) is 1. The van der Waals surface area contributed by atoms with Crippen LogP contribution in [0.5, 0.6) is 0 Å². The van der Waals surface area contributed by atoms with Crippen molar-refractivity contribution in [2.75, 3.05) is 31.2 Å². The van der Waals surface area contributed by atoms with Gasteiger partial charge in [-0.3, -0.25) is 9.69 Å². The number of anilines is 2. The number of rotatable bonds is 5. The molecule has 0 radical (unpaired) electrons. The molecule has 1 aliphatic carbocycles. The van der Waals surface area contributed by atoms with E-state index in [4.69, 9.17) is 5.73 Å². The Hall–Kier alpha value is -1.66. The number of nitrogens with zero attached hydrogens (tertiary/aromatic N) is 1. The van der Waals surface area contributed by atoms with E-state index in [9.17, 15) is 14.3 Å². The van der Waals surface area contributed by atoms with Crippen molar-refractivity contribution in [1.82, 2.24) is 4.90 Å². The van der Waals surface area contributed by atoms with Crippen LogP contribution in [0, 0.1) is 5.82 Å². The molecule has 6 heteroatoms. The highest BCUT2D eigenvalue weighted by Gasteiger charge is 2.32. The molecule has 5 nitrogen and oxygen atoms in total. The van der Waals surface area contributed by atoms with Gasteiger partial charge in [0.2, 0.25) is 5.91 Å². The van der Waals surface area contributed by atoms with Crippen LogP contribution >= 0.6 is 0 Å². The zero-order valence-electron chi connectivity index (χ0n) is 12.2. The van der Waals surface area contributed by atoms with E-state index in [1.54, 1.807) is 11.9 Å². The normalized spacial score (nSPS) is 17.1. The minimum Gasteiger partial charge on any atom is -0.397 e. The second-order valence-electron chi connectivity index (χ2n) is 5.88. The number of aliphatic hydroxyl groups is 1. The first-order valence-corrected chi connectivity index (χ1v) is 7.14. The number of nitrogens with one attached hydrogen (secondary N) is 1. The highest BCUT2D eigenvalue weighted by molar-refractivity contribution is 5.95. The zero-order chi connectivity index (χ0) is 15.5. The minimum absolute atomic E-state index is 0.152. The number of nitrogens with two attached hydrogens (primary N) is 1. The number of hydrogen-bond acceptors (Lipinski definition) is 4. The summed E-state index contributed by atoms with van der Waals surface area (Å²) in [6, 6.07) is 3.85. The zero-order valence-corrected chi connectivity index (χ0v) is 12.2. The lowest BCUT2D eigenvalue weighted by Gasteiger charge is -2.28. The molecule has 0 aromatic heterocycles. The van der Waals surface area contributed by atoms with E-state index in [2.05, 4.69) is 5.32 Å². The van der Waals surface area contributed by atoms with E-state index in [-0.39, 0.29) is 18.1 Å². The van der Waals surface area contributed by atoms with E-state index in [1.807, 2.05) is 0 Å². The Morgan fingerprint density at radius 1 is 1.48 bits per heavy atom. The predicted octanol–water partition coefficient (Wildman–Crippen LogP) is 1.58. The molecule has 1 fully saturated rings. The third-order valence-electron chi connectivity index (χ3n) is 3.80. The first kappa shape index (κ1) is 15.7. The van der Waals surface area contributed by atoms with Crippen LogP contribution in [0.15, 0.2) is 18.2 Å². The molecule has 0 bridgehead atoms. The topological polar surface area (TPSA) is 78.6 Å². The van der Waals surface area contributed by atoms with E-state index in [1.165, 1.54) is 18.2 Å². The lowest BCUT2D eigenvalue weighted by Crippen LogP contribution is -2.42. The van der Waals surface area contributed by atoms with Crippen molar-refractivity contribution >= 4 is 17.3 Å². The second-order valence-corrected chi connectivity index (χ2v) is 5.88.